The maximum absolute atomic E-state index is 5.50. The van der Waals surface area contributed by atoms with Crippen molar-refractivity contribution < 1.29 is 0 Å². The molecule has 0 fully saturated rings. The number of pyridine rings is 1. The molecule has 2 nitrogen and oxygen atoms in total. The molecule has 1 aromatic rings. The minimum atomic E-state index is 0.528. The first-order valence-corrected chi connectivity index (χ1v) is 4.54. The summed E-state index contributed by atoms with van der Waals surface area (Å²) in [5.41, 5.74) is 7.47. The second kappa shape index (κ2) is 4.74. The predicted octanol–water partition coefficient (Wildman–Crippen LogP) is 1.95. The van der Waals surface area contributed by atoms with Gasteiger partial charge in [-0.2, -0.15) is 0 Å². The van der Waals surface area contributed by atoms with Gasteiger partial charge in [-0.25, -0.2) is 4.98 Å². The van der Waals surface area contributed by atoms with E-state index in [9.17, 15) is 0 Å². The Bertz CT molecular complexity index is 350. The number of aryl methyl sites for hydroxylation is 1. The molecular formula is C10H11ClN2. The SMILES string of the molecule is Cc1cc(N)ncc1C#CCCCl. The average molecular weight is 195 g/mol. The number of hydrogen-bond donors (Lipinski definition) is 1. The van der Waals surface area contributed by atoms with Crippen molar-refractivity contribution in [1.29, 1.82) is 0 Å². The number of nitrogens with zero attached hydrogens (tertiary/aromatic N) is 1. The molecule has 0 saturated carbocycles. The van der Waals surface area contributed by atoms with Crippen molar-refractivity contribution in [3.63, 3.8) is 0 Å². The van der Waals surface area contributed by atoms with Gasteiger partial charge < -0.3 is 5.73 Å². The Hall–Kier alpha value is -1.20. The van der Waals surface area contributed by atoms with Crippen molar-refractivity contribution >= 4 is 17.4 Å². The second-order valence-corrected chi connectivity index (χ2v) is 3.04. The fourth-order valence-corrected chi connectivity index (χ4v) is 1.01. The van der Waals surface area contributed by atoms with Crippen LogP contribution in [0, 0.1) is 18.8 Å². The molecule has 2 N–H and O–H groups in total. The third-order valence-electron chi connectivity index (χ3n) is 1.57. The van der Waals surface area contributed by atoms with Gasteiger partial charge in [0.2, 0.25) is 0 Å². The molecule has 0 atom stereocenters. The van der Waals surface area contributed by atoms with E-state index in [4.69, 9.17) is 17.3 Å². The van der Waals surface area contributed by atoms with Gasteiger partial charge in [0.15, 0.2) is 0 Å². The molecule has 13 heavy (non-hydrogen) atoms. The standard InChI is InChI=1S/C10H11ClN2/c1-8-6-10(12)13-7-9(8)4-2-3-5-11/h6-7H,3,5H2,1H3,(H2,12,13). The lowest BCUT2D eigenvalue weighted by Crippen LogP contribution is -1.92. The van der Waals surface area contributed by atoms with Gasteiger partial charge in [0.05, 0.1) is 0 Å². The molecule has 0 aliphatic carbocycles. The van der Waals surface area contributed by atoms with E-state index in [0.717, 1.165) is 11.1 Å². The molecule has 3 heteroatoms. The summed E-state index contributed by atoms with van der Waals surface area (Å²) in [5.74, 6) is 7.03. The van der Waals surface area contributed by atoms with Crippen LogP contribution < -0.4 is 5.73 Å². The van der Waals surface area contributed by atoms with Crippen LogP contribution in [-0.4, -0.2) is 10.9 Å². The van der Waals surface area contributed by atoms with Crippen molar-refractivity contribution in [2.24, 2.45) is 0 Å². The number of anilines is 1. The molecule has 68 valence electrons. The number of aromatic nitrogens is 1. The van der Waals surface area contributed by atoms with E-state index in [0.29, 0.717) is 18.1 Å². The number of nitrogens with two attached hydrogens (primary N) is 1. The fourth-order valence-electron chi connectivity index (χ4n) is 0.914. The summed E-state index contributed by atoms with van der Waals surface area (Å²) in [6.07, 6.45) is 2.39. The van der Waals surface area contributed by atoms with Crippen LogP contribution in [0.25, 0.3) is 0 Å². The molecule has 0 aliphatic rings. The third-order valence-corrected chi connectivity index (χ3v) is 1.76. The molecule has 0 bridgehead atoms. The third kappa shape index (κ3) is 2.96. The first-order chi connectivity index (χ1) is 6.24. The van der Waals surface area contributed by atoms with E-state index in [1.807, 2.05) is 13.0 Å². The zero-order valence-corrected chi connectivity index (χ0v) is 8.23. The Balaban J connectivity index is 2.85. The molecule has 0 radical (unpaired) electrons. The van der Waals surface area contributed by atoms with Crippen molar-refractivity contribution in [3.05, 3.63) is 23.4 Å². The van der Waals surface area contributed by atoms with E-state index in [1.165, 1.54) is 0 Å². The van der Waals surface area contributed by atoms with Gasteiger partial charge in [0.1, 0.15) is 5.82 Å². The topological polar surface area (TPSA) is 38.9 Å². The molecule has 0 amide bonds. The summed E-state index contributed by atoms with van der Waals surface area (Å²) < 4.78 is 0. The highest BCUT2D eigenvalue weighted by atomic mass is 35.5. The maximum atomic E-state index is 5.50. The summed E-state index contributed by atoms with van der Waals surface area (Å²) in [4.78, 5) is 3.96. The van der Waals surface area contributed by atoms with Crippen LogP contribution in [0.3, 0.4) is 0 Å². The molecule has 1 heterocycles. The van der Waals surface area contributed by atoms with Crippen LogP contribution in [0.5, 0.6) is 0 Å². The summed E-state index contributed by atoms with van der Waals surface area (Å²) in [7, 11) is 0. The van der Waals surface area contributed by atoms with Crippen LogP contribution in [0.15, 0.2) is 12.3 Å². The minimum absolute atomic E-state index is 0.528. The molecule has 0 aliphatic heterocycles. The maximum Gasteiger partial charge on any atom is 0.123 e. The molecular weight excluding hydrogens is 184 g/mol. The molecule has 1 aromatic heterocycles. The van der Waals surface area contributed by atoms with E-state index in [2.05, 4.69) is 16.8 Å². The number of nitrogen functional groups attached to an aromatic ring is 1. The number of alkyl halides is 1. The zero-order valence-electron chi connectivity index (χ0n) is 7.47. The summed E-state index contributed by atoms with van der Waals surface area (Å²) in [6, 6.07) is 1.81. The molecule has 0 saturated heterocycles. The largest absolute Gasteiger partial charge is 0.384 e. The normalized spacial score (nSPS) is 9.08. The lowest BCUT2D eigenvalue weighted by molar-refractivity contribution is 1.26. The molecule has 0 unspecified atom stereocenters. The summed E-state index contributed by atoms with van der Waals surface area (Å²) >= 11 is 5.49. The Kier molecular flexibility index (Phi) is 3.60. The predicted molar refractivity (Wildman–Crippen MR) is 55.6 cm³/mol. The first-order valence-electron chi connectivity index (χ1n) is 4.01. The molecule has 0 spiro atoms. The number of halogens is 1. The highest BCUT2D eigenvalue weighted by Crippen LogP contribution is 2.07. The Morgan fingerprint density at radius 1 is 1.62 bits per heavy atom. The minimum Gasteiger partial charge on any atom is -0.384 e. The van der Waals surface area contributed by atoms with Gasteiger partial charge in [-0.3, -0.25) is 0 Å². The smallest absolute Gasteiger partial charge is 0.123 e. The highest BCUT2D eigenvalue weighted by Gasteiger charge is 1.94. The Labute approximate surface area is 83.1 Å². The Morgan fingerprint density at radius 3 is 3.00 bits per heavy atom. The van der Waals surface area contributed by atoms with Crippen molar-refractivity contribution in [3.8, 4) is 11.8 Å². The average Bonchev–Trinajstić information content (AvgIpc) is 2.09. The van der Waals surface area contributed by atoms with Crippen LogP contribution in [0.1, 0.15) is 17.5 Å². The van der Waals surface area contributed by atoms with Crippen molar-refractivity contribution in [2.45, 2.75) is 13.3 Å². The second-order valence-electron chi connectivity index (χ2n) is 2.66. The van der Waals surface area contributed by atoms with Crippen LogP contribution in [0.2, 0.25) is 0 Å². The van der Waals surface area contributed by atoms with Crippen LogP contribution in [0.4, 0.5) is 5.82 Å². The van der Waals surface area contributed by atoms with Gasteiger partial charge in [0.25, 0.3) is 0 Å². The van der Waals surface area contributed by atoms with Crippen molar-refractivity contribution in [1.82, 2.24) is 4.98 Å². The lowest BCUT2D eigenvalue weighted by atomic mass is 10.1. The monoisotopic (exact) mass is 194 g/mol. The molecule has 1 rings (SSSR count). The van der Waals surface area contributed by atoms with E-state index >= 15 is 0 Å². The number of hydrogen-bond acceptors (Lipinski definition) is 2. The van der Waals surface area contributed by atoms with E-state index in [1.54, 1.807) is 6.20 Å². The highest BCUT2D eigenvalue weighted by molar-refractivity contribution is 6.18. The van der Waals surface area contributed by atoms with Crippen LogP contribution >= 0.6 is 11.6 Å². The van der Waals surface area contributed by atoms with Gasteiger partial charge >= 0.3 is 0 Å². The van der Waals surface area contributed by atoms with Gasteiger partial charge in [-0.05, 0) is 18.6 Å². The lowest BCUT2D eigenvalue weighted by Gasteiger charge is -1.97. The Morgan fingerprint density at radius 2 is 2.38 bits per heavy atom. The van der Waals surface area contributed by atoms with Crippen LogP contribution in [-0.2, 0) is 0 Å². The van der Waals surface area contributed by atoms with Gasteiger partial charge in [-0.1, -0.05) is 11.8 Å². The zero-order chi connectivity index (χ0) is 9.68. The first kappa shape index (κ1) is 9.88. The quantitative estimate of drug-likeness (QED) is 0.548. The molecule has 0 aromatic carbocycles. The van der Waals surface area contributed by atoms with Gasteiger partial charge in [0, 0.05) is 24.1 Å². The van der Waals surface area contributed by atoms with E-state index in [-0.39, 0.29) is 0 Å². The van der Waals surface area contributed by atoms with Gasteiger partial charge in [-0.15, -0.1) is 11.6 Å². The fraction of sp³-hybridized carbons (Fsp3) is 0.300. The summed E-state index contributed by atoms with van der Waals surface area (Å²) in [5, 5.41) is 0. The number of rotatable bonds is 1. The van der Waals surface area contributed by atoms with E-state index < -0.39 is 0 Å². The van der Waals surface area contributed by atoms with Crippen molar-refractivity contribution in [2.75, 3.05) is 11.6 Å². The summed E-state index contributed by atoms with van der Waals surface area (Å²) in [6.45, 7) is 1.96.